The molecule has 2 aliphatic rings. The highest BCUT2D eigenvalue weighted by molar-refractivity contribution is 6.31. The Bertz CT molecular complexity index is 1050. The fourth-order valence-electron chi connectivity index (χ4n) is 4.11. The van der Waals surface area contributed by atoms with Crippen LogP contribution in [0.1, 0.15) is 40.0 Å². The maximum Gasteiger partial charge on any atom is 0.328 e. The zero-order chi connectivity index (χ0) is 22.0. The van der Waals surface area contributed by atoms with E-state index in [2.05, 4.69) is 5.32 Å². The van der Waals surface area contributed by atoms with Gasteiger partial charge in [-0.05, 0) is 37.1 Å². The molecule has 2 aliphatic heterocycles. The van der Waals surface area contributed by atoms with E-state index in [1.807, 2.05) is 0 Å². The molecule has 2 fully saturated rings. The molecule has 0 radical (unpaired) electrons. The molecule has 0 saturated carbocycles. The van der Waals surface area contributed by atoms with Gasteiger partial charge in [-0.1, -0.05) is 35.9 Å². The van der Waals surface area contributed by atoms with Crippen molar-refractivity contribution in [1.29, 1.82) is 0 Å². The molecule has 7 nitrogen and oxygen atoms in total. The molecule has 2 saturated heterocycles. The number of hydrogen-bond donors (Lipinski definition) is 1. The lowest BCUT2D eigenvalue weighted by Gasteiger charge is -2.34. The molecule has 0 bridgehead atoms. The Morgan fingerprint density at radius 2 is 1.84 bits per heavy atom. The molecule has 0 aliphatic carbocycles. The van der Waals surface area contributed by atoms with Gasteiger partial charge in [0.1, 0.15) is 0 Å². The lowest BCUT2D eigenvalue weighted by molar-refractivity contribution is -0.120. The molecule has 4 rings (SSSR count). The van der Waals surface area contributed by atoms with Gasteiger partial charge < -0.3 is 4.90 Å². The smallest absolute Gasteiger partial charge is 0.328 e. The summed E-state index contributed by atoms with van der Waals surface area (Å²) in [6, 6.07) is 13.2. The Morgan fingerprint density at radius 1 is 1.03 bits per heavy atom. The van der Waals surface area contributed by atoms with Crippen molar-refractivity contribution in [3.8, 4) is 0 Å². The number of para-hydroxylation sites is 1. The Balaban J connectivity index is 1.54. The van der Waals surface area contributed by atoms with Gasteiger partial charge in [0.15, 0.2) is 5.78 Å². The molecule has 2 aromatic carbocycles. The Morgan fingerprint density at radius 3 is 2.61 bits per heavy atom. The van der Waals surface area contributed by atoms with Gasteiger partial charge in [-0.25, -0.2) is 4.79 Å². The van der Waals surface area contributed by atoms with Crippen LogP contribution in [0, 0.1) is 5.92 Å². The summed E-state index contributed by atoms with van der Waals surface area (Å²) in [4.78, 5) is 53.2. The Hall–Kier alpha value is -3.19. The monoisotopic (exact) mass is 439 g/mol. The van der Waals surface area contributed by atoms with Crippen LogP contribution < -0.4 is 10.2 Å². The van der Waals surface area contributed by atoms with Crippen molar-refractivity contribution >= 4 is 40.9 Å². The van der Waals surface area contributed by atoms with Crippen LogP contribution in [-0.4, -0.2) is 48.2 Å². The van der Waals surface area contributed by atoms with Gasteiger partial charge in [-0.15, -0.1) is 0 Å². The number of anilines is 1. The van der Waals surface area contributed by atoms with Crippen molar-refractivity contribution in [1.82, 2.24) is 10.2 Å². The molecule has 1 atom stereocenters. The minimum atomic E-state index is -0.538. The van der Waals surface area contributed by atoms with Crippen molar-refractivity contribution in [2.45, 2.75) is 19.3 Å². The van der Waals surface area contributed by atoms with E-state index in [-0.39, 0.29) is 36.5 Å². The number of nitrogens with one attached hydrogen (secondary N) is 1. The number of likely N-dealkylation sites (tertiary alicyclic amines) is 1. The number of Topliss-reactive ketones (excluding diaryl/α,β-unsaturated/α-hetero) is 1. The van der Waals surface area contributed by atoms with Crippen molar-refractivity contribution in [2.75, 3.05) is 24.5 Å². The summed E-state index contributed by atoms with van der Waals surface area (Å²) < 4.78 is 0. The summed E-state index contributed by atoms with van der Waals surface area (Å²) in [6.07, 6.45) is 1.59. The van der Waals surface area contributed by atoms with E-state index >= 15 is 0 Å². The highest BCUT2D eigenvalue weighted by atomic mass is 35.5. The van der Waals surface area contributed by atoms with Gasteiger partial charge in [-0.2, -0.15) is 0 Å². The summed E-state index contributed by atoms with van der Waals surface area (Å²) in [5.74, 6) is -0.895. The topological polar surface area (TPSA) is 86.8 Å². The second-order valence-corrected chi connectivity index (χ2v) is 8.17. The standard InChI is InChI=1S/C23H22ClN3O4/c24-17-7-3-5-15(13-17)21(29)16-6-4-11-26(14-16)22(30)18-8-1-2-9-19(18)27-12-10-20(28)25-23(27)31/h1-3,5,7-9,13,16H,4,6,10-12,14H2,(H,25,28,31)/t16-/m0/s1. The first-order valence-corrected chi connectivity index (χ1v) is 10.6. The molecule has 160 valence electrons. The zero-order valence-corrected chi connectivity index (χ0v) is 17.6. The third-order valence-electron chi connectivity index (χ3n) is 5.67. The highest BCUT2D eigenvalue weighted by Crippen LogP contribution is 2.27. The Labute approximate surface area is 185 Å². The van der Waals surface area contributed by atoms with Crippen molar-refractivity contribution < 1.29 is 19.2 Å². The molecule has 4 amide bonds. The number of imide groups is 1. The van der Waals surface area contributed by atoms with Crippen molar-refractivity contribution in [2.24, 2.45) is 5.92 Å². The number of nitrogens with zero attached hydrogens (tertiary/aromatic N) is 2. The van der Waals surface area contributed by atoms with Gasteiger partial charge in [0.05, 0.1) is 11.3 Å². The van der Waals surface area contributed by atoms with Crippen LogP contribution in [0.25, 0.3) is 0 Å². The largest absolute Gasteiger partial charge is 0.338 e. The predicted octanol–water partition coefficient (Wildman–Crippen LogP) is 3.52. The molecule has 0 spiro atoms. The first-order chi connectivity index (χ1) is 14.9. The number of amides is 4. The number of ketones is 1. The molecule has 8 heteroatoms. The van der Waals surface area contributed by atoms with E-state index in [9.17, 15) is 19.2 Å². The first kappa shape index (κ1) is 21.1. The zero-order valence-electron chi connectivity index (χ0n) is 16.8. The third-order valence-corrected chi connectivity index (χ3v) is 5.90. The minimum Gasteiger partial charge on any atom is -0.338 e. The second kappa shape index (κ2) is 8.89. The summed E-state index contributed by atoms with van der Waals surface area (Å²) in [5, 5.41) is 2.79. The van der Waals surface area contributed by atoms with E-state index < -0.39 is 6.03 Å². The molecular weight excluding hydrogens is 418 g/mol. The van der Waals surface area contributed by atoms with Crippen LogP contribution in [0.5, 0.6) is 0 Å². The minimum absolute atomic E-state index is 0.0257. The van der Waals surface area contributed by atoms with Crippen molar-refractivity contribution in [3.05, 3.63) is 64.7 Å². The molecule has 0 unspecified atom stereocenters. The quantitative estimate of drug-likeness (QED) is 0.738. The van der Waals surface area contributed by atoms with Crippen molar-refractivity contribution in [3.63, 3.8) is 0 Å². The number of piperidine rings is 1. The SMILES string of the molecule is O=C1CCN(c2ccccc2C(=O)N2CCC[C@H](C(=O)c3cccc(Cl)c3)C2)C(=O)N1. The van der Waals surface area contributed by atoms with Crippen LogP contribution in [0.4, 0.5) is 10.5 Å². The maximum absolute atomic E-state index is 13.4. The van der Waals surface area contributed by atoms with E-state index in [0.29, 0.717) is 47.8 Å². The number of rotatable bonds is 4. The van der Waals surface area contributed by atoms with E-state index in [4.69, 9.17) is 11.6 Å². The fraction of sp³-hybridized carbons (Fsp3) is 0.304. The van der Waals surface area contributed by atoms with Gasteiger partial charge in [0.2, 0.25) is 5.91 Å². The van der Waals surface area contributed by atoms with Crippen LogP contribution in [0.15, 0.2) is 48.5 Å². The third kappa shape index (κ3) is 4.46. The van der Waals surface area contributed by atoms with Gasteiger partial charge in [-0.3, -0.25) is 24.6 Å². The van der Waals surface area contributed by atoms with Crippen LogP contribution in [0.2, 0.25) is 5.02 Å². The number of benzene rings is 2. The number of carbonyl (C=O) groups is 4. The van der Waals surface area contributed by atoms with Crippen LogP contribution in [0.3, 0.4) is 0 Å². The predicted molar refractivity (Wildman–Crippen MR) is 116 cm³/mol. The average molecular weight is 440 g/mol. The summed E-state index contributed by atoms with van der Waals surface area (Å²) in [5.41, 5.74) is 1.38. The Kier molecular flexibility index (Phi) is 6.04. The number of urea groups is 1. The van der Waals surface area contributed by atoms with E-state index in [0.717, 1.165) is 0 Å². The molecule has 2 aromatic rings. The van der Waals surface area contributed by atoms with E-state index in [1.165, 1.54) is 4.90 Å². The number of hydrogen-bond acceptors (Lipinski definition) is 4. The average Bonchev–Trinajstić information content (AvgIpc) is 2.78. The van der Waals surface area contributed by atoms with Crippen LogP contribution in [-0.2, 0) is 4.79 Å². The fourth-order valence-corrected chi connectivity index (χ4v) is 4.30. The summed E-state index contributed by atoms with van der Waals surface area (Å²) in [6.45, 7) is 1.06. The first-order valence-electron chi connectivity index (χ1n) is 10.2. The lowest BCUT2D eigenvalue weighted by Crippen LogP contribution is -2.50. The van der Waals surface area contributed by atoms with Gasteiger partial charge in [0, 0.05) is 42.6 Å². The van der Waals surface area contributed by atoms with Crippen LogP contribution >= 0.6 is 11.6 Å². The summed E-state index contributed by atoms with van der Waals surface area (Å²) in [7, 11) is 0. The molecule has 2 heterocycles. The van der Waals surface area contributed by atoms with Gasteiger partial charge in [0.25, 0.3) is 5.91 Å². The number of carbonyl (C=O) groups excluding carboxylic acids is 4. The second-order valence-electron chi connectivity index (χ2n) is 7.74. The summed E-state index contributed by atoms with van der Waals surface area (Å²) >= 11 is 6.02. The molecule has 1 N–H and O–H groups in total. The van der Waals surface area contributed by atoms with Gasteiger partial charge >= 0.3 is 6.03 Å². The molecular formula is C23H22ClN3O4. The maximum atomic E-state index is 13.4. The lowest BCUT2D eigenvalue weighted by atomic mass is 9.89. The normalized spacial score (nSPS) is 19.2. The number of halogens is 1. The highest BCUT2D eigenvalue weighted by Gasteiger charge is 2.32. The molecule has 0 aromatic heterocycles. The van der Waals surface area contributed by atoms with E-state index in [1.54, 1.807) is 53.4 Å². The molecule has 31 heavy (non-hydrogen) atoms.